The van der Waals surface area contributed by atoms with Crippen molar-refractivity contribution >= 4 is 76.3 Å². The summed E-state index contributed by atoms with van der Waals surface area (Å²) < 4.78 is 11.4. The van der Waals surface area contributed by atoms with Crippen molar-refractivity contribution in [1.82, 2.24) is 9.13 Å². The van der Waals surface area contributed by atoms with Crippen LogP contribution in [-0.2, 0) is 0 Å². The molecule has 228 valence electrons. The molecule has 0 atom stereocenters. The largest absolute Gasteiger partial charge is 0.454 e. The Morgan fingerprint density at radius 1 is 0.347 bits per heavy atom. The smallest absolute Gasteiger partial charge is 0.160 e. The van der Waals surface area contributed by atoms with Crippen LogP contribution in [0.4, 0.5) is 0 Å². The third-order valence-corrected chi connectivity index (χ3v) is 10.3. The van der Waals surface area contributed by atoms with Gasteiger partial charge in [-0.2, -0.15) is 0 Å². The lowest BCUT2D eigenvalue weighted by Crippen LogP contribution is -1.96. The Kier molecular flexibility index (Phi) is 5.38. The van der Waals surface area contributed by atoms with Crippen LogP contribution in [0.2, 0.25) is 0 Å². The van der Waals surface area contributed by atoms with E-state index in [1.54, 1.807) is 0 Å². The molecule has 49 heavy (non-hydrogen) atoms. The van der Waals surface area contributed by atoms with Gasteiger partial charge in [0.1, 0.15) is 5.58 Å². The van der Waals surface area contributed by atoms with Gasteiger partial charge in [0.15, 0.2) is 5.58 Å². The summed E-state index contributed by atoms with van der Waals surface area (Å²) in [5.41, 5.74) is 11.1. The highest BCUT2D eigenvalue weighted by atomic mass is 16.3. The van der Waals surface area contributed by atoms with E-state index in [0.717, 1.165) is 44.3 Å². The quantitative estimate of drug-likeness (QED) is 0.192. The summed E-state index contributed by atoms with van der Waals surface area (Å²) in [5.74, 6) is 0. The average Bonchev–Trinajstić information content (AvgIpc) is 3.81. The number of hydrogen-bond donors (Lipinski definition) is 0. The van der Waals surface area contributed by atoms with E-state index >= 15 is 0 Å². The molecule has 3 heteroatoms. The summed E-state index contributed by atoms with van der Waals surface area (Å²) in [6.07, 6.45) is 0. The van der Waals surface area contributed by atoms with E-state index in [0.29, 0.717) is 0 Å². The summed E-state index contributed by atoms with van der Waals surface area (Å²) in [4.78, 5) is 0. The van der Waals surface area contributed by atoms with Crippen LogP contribution < -0.4 is 0 Å². The minimum Gasteiger partial charge on any atom is -0.454 e. The number of hydrogen-bond acceptors (Lipinski definition) is 1. The molecule has 0 N–H and O–H groups in total. The molecule has 3 nitrogen and oxygen atoms in total. The van der Waals surface area contributed by atoms with Crippen molar-refractivity contribution in [2.75, 3.05) is 0 Å². The molecule has 0 fully saturated rings. The Hall–Kier alpha value is -6.58. The SMILES string of the molecule is c1ccc(-n2c3cc4c(cc3c3ccc5c6ccccc6oc5c32)c2ccccc2n4-c2ccc(-c3ccc4ccccc4c3)cc2)cc1. The van der Waals surface area contributed by atoms with E-state index in [2.05, 4.69) is 173 Å². The van der Waals surface area contributed by atoms with Gasteiger partial charge in [0.25, 0.3) is 0 Å². The van der Waals surface area contributed by atoms with Crippen LogP contribution in [0.3, 0.4) is 0 Å². The predicted molar refractivity (Wildman–Crippen MR) is 205 cm³/mol. The van der Waals surface area contributed by atoms with Crippen LogP contribution in [0, 0.1) is 0 Å². The number of aromatic nitrogens is 2. The molecular weight excluding hydrogens is 597 g/mol. The Morgan fingerprint density at radius 2 is 1.00 bits per heavy atom. The molecule has 0 aliphatic carbocycles. The fourth-order valence-electron chi connectivity index (χ4n) is 8.03. The molecule has 0 saturated heterocycles. The molecule has 0 bridgehead atoms. The molecule has 0 spiro atoms. The molecular formula is C46H28N2O. The minimum atomic E-state index is 0.907. The van der Waals surface area contributed by atoms with Crippen molar-refractivity contribution in [3.63, 3.8) is 0 Å². The van der Waals surface area contributed by atoms with Gasteiger partial charge in [0.05, 0.1) is 22.1 Å². The lowest BCUT2D eigenvalue weighted by atomic mass is 10.0. The highest BCUT2D eigenvalue weighted by Gasteiger charge is 2.22. The fraction of sp³-hybridized carbons (Fsp3) is 0. The summed E-state index contributed by atoms with van der Waals surface area (Å²) in [6, 6.07) is 61.3. The molecule has 8 aromatic carbocycles. The topological polar surface area (TPSA) is 23.0 Å². The summed E-state index contributed by atoms with van der Waals surface area (Å²) >= 11 is 0. The van der Waals surface area contributed by atoms with Crippen molar-refractivity contribution in [3.05, 3.63) is 170 Å². The highest BCUT2D eigenvalue weighted by Crippen LogP contribution is 2.43. The summed E-state index contributed by atoms with van der Waals surface area (Å²) in [6.45, 7) is 0. The van der Waals surface area contributed by atoms with E-state index in [4.69, 9.17) is 4.42 Å². The second kappa shape index (κ2) is 9.96. The van der Waals surface area contributed by atoms with Crippen LogP contribution in [0.5, 0.6) is 0 Å². The molecule has 3 heterocycles. The molecule has 11 aromatic rings. The van der Waals surface area contributed by atoms with Gasteiger partial charge in [-0.25, -0.2) is 0 Å². The van der Waals surface area contributed by atoms with Crippen molar-refractivity contribution < 1.29 is 4.42 Å². The van der Waals surface area contributed by atoms with E-state index in [-0.39, 0.29) is 0 Å². The van der Waals surface area contributed by atoms with Gasteiger partial charge in [-0.15, -0.1) is 0 Å². The Morgan fingerprint density at radius 3 is 1.88 bits per heavy atom. The first kappa shape index (κ1) is 26.5. The van der Waals surface area contributed by atoms with Gasteiger partial charge in [-0.3, -0.25) is 0 Å². The lowest BCUT2D eigenvalue weighted by Gasteiger charge is -2.11. The zero-order valence-electron chi connectivity index (χ0n) is 26.5. The maximum Gasteiger partial charge on any atom is 0.160 e. The maximum atomic E-state index is 6.64. The predicted octanol–water partition coefficient (Wildman–Crippen LogP) is 12.6. The number of benzene rings is 8. The zero-order chi connectivity index (χ0) is 32.1. The van der Waals surface area contributed by atoms with Crippen molar-refractivity contribution in [1.29, 1.82) is 0 Å². The first-order chi connectivity index (χ1) is 24.3. The normalized spacial score (nSPS) is 12.1. The fourth-order valence-corrected chi connectivity index (χ4v) is 8.03. The van der Waals surface area contributed by atoms with E-state index < -0.39 is 0 Å². The Bertz CT molecular complexity index is 3090. The minimum absolute atomic E-state index is 0.907. The summed E-state index contributed by atoms with van der Waals surface area (Å²) in [5, 5.41) is 9.65. The number of para-hydroxylation sites is 3. The third kappa shape index (κ3) is 3.78. The van der Waals surface area contributed by atoms with Crippen LogP contribution in [0.25, 0.3) is 98.8 Å². The van der Waals surface area contributed by atoms with Gasteiger partial charge in [-0.05, 0) is 82.6 Å². The number of nitrogens with zero attached hydrogens (tertiary/aromatic N) is 2. The van der Waals surface area contributed by atoms with Crippen LogP contribution in [0.1, 0.15) is 0 Å². The third-order valence-electron chi connectivity index (χ3n) is 10.3. The zero-order valence-corrected chi connectivity index (χ0v) is 26.5. The summed E-state index contributed by atoms with van der Waals surface area (Å²) in [7, 11) is 0. The van der Waals surface area contributed by atoms with Gasteiger partial charge >= 0.3 is 0 Å². The standard InChI is InChI=1S/C46H28N2O/c1-2-12-33(13-3-1)48-43-28-42-39(27-40(43)37-24-25-38-36-15-7-9-17-44(36)49-46(38)45(37)48)35-14-6-8-16-41(35)47(42)34-22-20-30(21-23-34)32-19-18-29-10-4-5-11-31(29)26-32/h1-28H. The molecule has 3 aromatic heterocycles. The Balaban J connectivity index is 1.20. The number of rotatable bonds is 3. The van der Waals surface area contributed by atoms with E-state index in [9.17, 15) is 0 Å². The molecule has 0 aliphatic heterocycles. The Labute approximate surface area is 281 Å². The van der Waals surface area contributed by atoms with Gasteiger partial charge < -0.3 is 13.6 Å². The van der Waals surface area contributed by atoms with Crippen LogP contribution in [0.15, 0.2) is 174 Å². The first-order valence-corrected chi connectivity index (χ1v) is 16.8. The number of furan rings is 1. The molecule has 0 amide bonds. The second-order valence-electron chi connectivity index (χ2n) is 13.0. The van der Waals surface area contributed by atoms with Crippen LogP contribution in [-0.4, -0.2) is 9.13 Å². The number of fused-ring (bicyclic) bond motifs is 11. The molecule has 0 radical (unpaired) electrons. The van der Waals surface area contributed by atoms with Crippen LogP contribution >= 0.6 is 0 Å². The van der Waals surface area contributed by atoms with Gasteiger partial charge in [-0.1, -0.05) is 109 Å². The van der Waals surface area contributed by atoms with E-state index in [1.807, 2.05) is 6.07 Å². The first-order valence-electron chi connectivity index (χ1n) is 16.8. The molecule has 0 aliphatic rings. The van der Waals surface area contributed by atoms with Gasteiger partial charge in [0.2, 0.25) is 0 Å². The van der Waals surface area contributed by atoms with Crippen molar-refractivity contribution in [2.45, 2.75) is 0 Å². The lowest BCUT2D eigenvalue weighted by molar-refractivity contribution is 0.671. The van der Waals surface area contributed by atoms with Gasteiger partial charge in [0, 0.05) is 43.7 Å². The maximum absolute atomic E-state index is 6.64. The average molecular weight is 625 g/mol. The highest BCUT2D eigenvalue weighted by molar-refractivity contribution is 6.24. The molecule has 11 rings (SSSR count). The monoisotopic (exact) mass is 624 g/mol. The van der Waals surface area contributed by atoms with E-state index in [1.165, 1.54) is 54.5 Å². The van der Waals surface area contributed by atoms with Crippen molar-refractivity contribution in [3.8, 4) is 22.5 Å². The molecule has 0 saturated carbocycles. The second-order valence-corrected chi connectivity index (χ2v) is 13.0. The van der Waals surface area contributed by atoms with Crippen molar-refractivity contribution in [2.24, 2.45) is 0 Å². The molecule has 0 unspecified atom stereocenters.